The van der Waals surface area contributed by atoms with Crippen molar-refractivity contribution in [3.05, 3.63) is 50.6 Å². The van der Waals surface area contributed by atoms with E-state index in [1.54, 1.807) is 27.7 Å². The van der Waals surface area contributed by atoms with Crippen molar-refractivity contribution in [3.8, 4) is 5.69 Å². The van der Waals surface area contributed by atoms with E-state index in [2.05, 4.69) is 42.3 Å². The summed E-state index contributed by atoms with van der Waals surface area (Å²) in [6.45, 7) is 9.22. The van der Waals surface area contributed by atoms with Gasteiger partial charge in [0.1, 0.15) is 4.83 Å². The molecule has 35 heavy (non-hydrogen) atoms. The van der Waals surface area contributed by atoms with Gasteiger partial charge in [-0.05, 0) is 37.0 Å². The molecule has 6 nitrogen and oxygen atoms in total. The predicted molar refractivity (Wildman–Crippen MR) is 145 cm³/mol. The summed E-state index contributed by atoms with van der Waals surface area (Å²) in [5, 5.41) is 10.8. The number of fused-ring (bicyclic) bond motifs is 5. The van der Waals surface area contributed by atoms with Crippen LogP contribution in [0, 0.1) is 12.8 Å². The average molecular weight is 511 g/mol. The Hall–Kier alpha value is -2.16. The highest BCUT2D eigenvalue weighted by Gasteiger charge is 2.30. The summed E-state index contributed by atoms with van der Waals surface area (Å²) in [6, 6.07) is 8.07. The lowest BCUT2D eigenvalue weighted by Crippen LogP contribution is -2.28. The van der Waals surface area contributed by atoms with Gasteiger partial charge in [0.05, 0.1) is 23.8 Å². The minimum atomic E-state index is -0.0122. The highest BCUT2D eigenvalue weighted by Crippen LogP contribution is 2.37. The van der Waals surface area contributed by atoms with Gasteiger partial charge in [0.25, 0.3) is 5.56 Å². The number of benzene rings is 1. The van der Waals surface area contributed by atoms with Crippen LogP contribution in [0.3, 0.4) is 0 Å². The number of ether oxygens (including phenoxy) is 1. The van der Waals surface area contributed by atoms with Crippen LogP contribution in [-0.4, -0.2) is 31.0 Å². The maximum absolute atomic E-state index is 14.0. The van der Waals surface area contributed by atoms with E-state index in [4.69, 9.17) is 4.74 Å². The van der Waals surface area contributed by atoms with Crippen molar-refractivity contribution >= 4 is 39.1 Å². The number of rotatable bonds is 9. The van der Waals surface area contributed by atoms with Crippen molar-refractivity contribution in [2.75, 3.05) is 5.75 Å². The Bertz CT molecular complexity index is 1380. The summed E-state index contributed by atoms with van der Waals surface area (Å²) in [5.74, 6) is 1.98. The standard InChI is InChI=1S/C27H34N4O2S2/c1-5-6-7-8-9-14-34-27-29-28-26-30(19-12-10-18(4)11-13-19)24(32)23-20-15-21(17(2)3)33-16-22(20)35-25(23)31(26)27/h10-13,17,21H,5-9,14-16H2,1-4H3. The van der Waals surface area contributed by atoms with E-state index in [-0.39, 0.29) is 11.7 Å². The van der Waals surface area contributed by atoms with Crippen molar-refractivity contribution < 1.29 is 4.74 Å². The molecular weight excluding hydrogens is 476 g/mol. The second-order valence-corrected chi connectivity index (χ2v) is 12.0. The summed E-state index contributed by atoms with van der Waals surface area (Å²) < 4.78 is 10.0. The second-order valence-electron chi connectivity index (χ2n) is 9.84. The van der Waals surface area contributed by atoms with Gasteiger partial charge in [0.2, 0.25) is 5.78 Å². The molecule has 1 unspecified atom stereocenters. The Morgan fingerprint density at radius 3 is 2.66 bits per heavy atom. The molecule has 0 radical (unpaired) electrons. The van der Waals surface area contributed by atoms with Crippen LogP contribution in [-0.2, 0) is 17.8 Å². The molecule has 0 N–H and O–H groups in total. The lowest BCUT2D eigenvalue weighted by molar-refractivity contribution is 0.00200. The van der Waals surface area contributed by atoms with Crippen LogP contribution in [0.4, 0.5) is 0 Å². The van der Waals surface area contributed by atoms with Crippen LogP contribution in [0.5, 0.6) is 0 Å². The molecule has 0 bridgehead atoms. The van der Waals surface area contributed by atoms with E-state index in [1.165, 1.54) is 25.7 Å². The van der Waals surface area contributed by atoms with Crippen molar-refractivity contribution in [1.29, 1.82) is 0 Å². The van der Waals surface area contributed by atoms with E-state index in [1.807, 2.05) is 24.3 Å². The number of unbranched alkanes of at least 4 members (excludes halogenated alkanes) is 4. The first kappa shape index (κ1) is 24.5. The number of thiophene rings is 1. The van der Waals surface area contributed by atoms with Gasteiger partial charge in [-0.3, -0.25) is 4.79 Å². The number of aryl methyl sites for hydroxylation is 1. The zero-order valence-corrected chi connectivity index (χ0v) is 22.7. The molecule has 4 aromatic rings. The maximum Gasteiger partial charge on any atom is 0.268 e. The lowest BCUT2D eigenvalue weighted by Gasteiger charge is -2.26. The van der Waals surface area contributed by atoms with E-state index in [9.17, 15) is 4.79 Å². The molecule has 0 aliphatic carbocycles. The zero-order valence-electron chi connectivity index (χ0n) is 21.0. The van der Waals surface area contributed by atoms with Crippen LogP contribution in [0.15, 0.2) is 34.2 Å². The summed E-state index contributed by atoms with van der Waals surface area (Å²) in [4.78, 5) is 16.2. The molecule has 8 heteroatoms. The summed E-state index contributed by atoms with van der Waals surface area (Å²) in [7, 11) is 0. The Balaban J connectivity index is 1.65. The van der Waals surface area contributed by atoms with Crippen LogP contribution < -0.4 is 5.56 Å². The fraction of sp³-hybridized carbons (Fsp3) is 0.519. The van der Waals surface area contributed by atoms with Crippen LogP contribution in [0.25, 0.3) is 21.7 Å². The quantitative estimate of drug-likeness (QED) is 0.188. The largest absolute Gasteiger partial charge is 0.372 e. The Kier molecular flexibility index (Phi) is 7.32. The smallest absolute Gasteiger partial charge is 0.268 e. The molecule has 1 aromatic carbocycles. The summed E-state index contributed by atoms with van der Waals surface area (Å²) >= 11 is 3.41. The fourth-order valence-corrected chi connectivity index (χ4v) is 6.99. The SMILES string of the molecule is CCCCCCCSc1nnc2n(-c3ccc(C)cc3)c(=O)c3c4c(sc3n12)COC(C(C)C)C4. The number of hydrogen-bond donors (Lipinski definition) is 0. The van der Waals surface area contributed by atoms with Gasteiger partial charge in [0, 0.05) is 17.1 Å². The molecule has 0 saturated carbocycles. The van der Waals surface area contributed by atoms with Crippen molar-refractivity contribution in [1.82, 2.24) is 19.2 Å². The molecule has 1 aliphatic rings. The van der Waals surface area contributed by atoms with Crippen LogP contribution >= 0.6 is 23.1 Å². The first-order valence-electron chi connectivity index (χ1n) is 12.8. The molecule has 0 amide bonds. The van der Waals surface area contributed by atoms with E-state index in [0.29, 0.717) is 18.3 Å². The highest BCUT2D eigenvalue weighted by molar-refractivity contribution is 7.99. The van der Waals surface area contributed by atoms with Crippen LogP contribution in [0.2, 0.25) is 0 Å². The number of thioether (sulfide) groups is 1. The summed E-state index contributed by atoms with van der Waals surface area (Å²) in [5.41, 5.74) is 3.11. The molecule has 0 fully saturated rings. The monoisotopic (exact) mass is 510 g/mol. The van der Waals surface area contributed by atoms with Crippen molar-refractivity contribution in [3.63, 3.8) is 0 Å². The molecule has 0 saturated heterocycles. The second kappa shape index (κ2) is 10.4. The molecule has 5 rings (SSSR count). The number of aromatic nitrogens is 4. The third kappa shape index (κ3) is 4.68. The number of nitrogens with zero attached hydrogens (tertiary/aromatic N) is 4. The molecular formula is C27H34N4O2S2. The maximum atomic E-state index is 14.0. The normalized spacial score (nSPS) is 16.0. The predicted octanol–water partition coefficient (Wildman–Crippen LogP) is 6.56. The van der Waals surface area contributed by atoms with Gasteiger partial charge in [-0.25, -0.2) is 8.97 Å². The lowest BCUT2D eigenvalue weighted by atomic mass is 9.96. The topological polar surface area (TPSA) is 61.4 Å². The highest BCUT2D eigenvalue weighted by atomic mass is 32.2. The zero-order chi connectivity index (χ0) is 24.5. The minimum Gasteiger partial charge on any atom is -0.372 e. The Morgan fingerprint density at radius 2 is 1.91 bits per heavy atom. The van der Waals surface area contributed by atoms with Crippen LogP contribution in [0.1, 0.15) is 68.9 Å². The third-order valence-corrected chi connectivity index (χ3v) is 9.06. The average Bonchev–Trinajstić information content (AvgIpc) is 3.43. The Morgan fingerprint density at radius 1 is 1.14 bits per heavy atom. The molecule has 3 aromatic heterocycles. The van der Waals surface area contributed by atoms with Gasteiger partial charge < -0.3 is 4.74 Å². The fourth-order valence-electron chi connectivity index (χ4n) is 4.76. The van der Waals surface area contributed by atoms with E-state index in [0.717, 1.165) is 55.7 Å². The van der Waals surface area contributed by atoms with Gasteiger partial charge in [-0.1, -0.05) is 75.9 Å². The summed E-state index contributed by atoms with van der Waals surface area (Å²) in [6.07, 6.45) is 7.12. The van der Waals surface area contributed by atoms with Crippen molar-refractivity contribution in [2.45, 2.75) is 84.1 Å². The third-order valence-electron chi connectivity index (χ3n) is 6.86. The van der Waals surface area contributed by atoms with Crippen molar-refractivity contribution in [2.24, 2.45) is 5.92 Å². The minimum absolute atomic E-state index is 0.0122. The van der Waals surface area contributed by atoms with Gasteiger partial charge in [0.15, 0.2) is 5.16 Å². The van der Waals surface area contributed by atoms with E-state index >= 15 is 0 Å². The Labute approximate surface area is 214 Å². The molecule has 0 spiro atoms. The molecule has 186 valence electrons. The first-order chi connectivity index (χ1) is 17.0. The number of hydrogen-bond acceptors (Lipinski definition) is 6. The molecule has 4 heterocycles. The first-order valence-corrected chi connectivity index (χ1v) is 14.6. The van der Waals surface area contributed by atoms with E-state index < -0.39 is 0 Å². The molecule has 1 aliphatic heterocycles. The van der Waals surface area contributed by atoms with Gasteiger partial charge >= 0.3 is 0 Å². The molecule has 1 atom stereocenters. The van der Waals surface area contributed by atoms with Gasteiger partial charge in [-0.2, -0.15) is 0 Å². The van der Waals surface area contributed by atoms with Gasteiger partial charge in [-0.15, -0.1) is 21.5 Å².